The van der Waals surface area contributed by atoms with Crippen molar-refractivity contribution in [1.82, 2.24) is 29.9 Å². The molecule has 1 amide bonds. The van der Waals surface area contributed by atoms with E-state index in [4.69, 9.17) is 21.5 Å². The average Bonchev–Trinajstić information content (AvgIpc) is 3.69. The fraction of sp³-hybridized carbons (Fsp3) is 0.400. The number of aromatic amines is 1. The predicted octanol–water partition coefficient (Wildman–Crippen LogP) is 2.78. The molecule has 47 heavy (non-hydrogen) atoms. The highest BCUT2D eigenvalue weighted by atomic mass is 35.5. The Morgan fingerprint density at radius 1 is 1.06 bits per heavy atom. The normalized spacial score (nSPS) is 17.2. The molecule has 2 fully saturated rings. The third-order valence-corrected chi connectivity index (χ3v) is 11.0. The van der Waals surface area contributed by atoms with Gasteiger partial charge in [-0.3, -0.25) is 24.8 Å². The van der Waals surface area contributed by atoms with Gasteiger partial charge in [-0.05, 0) is 42.7 Å². The molecule has 0 bridgehead atoms. The minimum Gasteiger partial charge on any atom is -0.492 e. The highest BCUT2D eigenvalue weighted by molar-refractivity contribution is 7.91. The van der Waals surface area contributed by atoms with Gasteiger partial charge in [-0.15, -0.1) is 10.2 Å². The molecule has 2 aliphatic heterocycles. The van der Waals surface area contributed by atoms with Gasteiger partial charge in [0, 0.05) is 74.5 Å². The Bertz CT molecular complexity index is 1850. The van der Waals surface area contributed by atoms with Crippen molar-refractivity contribution in [2.75, 3.05) is 64.3 Å². The number of H-pyrrole nitrogens is 1. The number of benzene rings is 2. The molecule has 17 heteroatoms. The van der Waals surface area contributed by atoms with Gasteiger partial charge in [0.05, 0.1) is 17.1 Å². The van der Waals surface area contributed by atoms with E-state index in [1.54, 1.807) is 12.1 Å². The third kappa shape index (κ3) is 8.09. The van der Waals surface area contributed by atoms with Crippen LogP contribution in [0.25, 0.3) is 22.0 Å². The molecule has 0 unspecified atom stereocenters. The molecule has 4 heterocycles. The fourth-order valence-corrected chi connectivity index (χ4v) is 7.72. The number of halogens is 1. The topological polar surface area (TPSA) is 187 Å². The summed E-state index contributed by atoms with van der Waals surface area (Å²) in [5, 5.41) is 25.6. The molecular formula is C30H35ClN8O6S2. The SMILES string of the molecule is NS(=O)(=O)c1nnc(NC(=O)CN2CCC(N3CCN(CCOc4ccc(-c5cc6c(C(=O)O)c[nH]c6cc5Cl)cc4)CC3)CC2)s1. The van der Waals surface area contributed by atoms with E-state index < -0.39 is 16.0 Å². The summed E-state index contributed by atoms with van der Waals surface area (Å²) in [7, 11) is -3.95. The van der Waals surface area contributed by atoms with Crippen LogP contribution in [0.2, 0.25) is 5.02 Å². The number of nitrogens with one attached hydrogen (secondary N) is 2. The highest BCUT2D eigenvalue weighted by Crippen LogP contribution is 2.34. The zero-order valence-electron chi connectivity index (χ0n) is 25.4. The number of carbonyl (C=O) groups is 2. The lowest BCUT2D eigenvalue weighted by atomic mass is 10.0. The van der Waals surface area contributed by atoms with Crippen LogP contribution < -0.4 is 15.2 Å². The summed E-state index contributed by atoms with van der Waals surface area (Å²) >= 11 is 7.24. The number of primary sulfonamides is 1. The summed E-state index contributed by atoms with van der Waals surface area (Å²) in [4.78, 5) is 34.0. The molecule has 2 saturated heterocycles. The van der Waals surface area contributed by atoms with E-state index in [9.17, 15) is 23.1 Å². The zero-order chi connectivity index (χ0) is 33.1. The van der Waals surface area contributed by atoms with Gasteiger partial charge >= 0.3 is 5.97 Å². The highest BCUT2D eigenvalue weighted by Gasteiger charge is 2.28. The molecular weight excluding hydrogens is 668 g/mol. The summed E-state index contributed by atoms with van der Waals surface area (Å²) in [6.07, 6.45) is 3.43. The molecule has 250 valence electrons. The molecule has 2 aliphatic rings. The van der Waals surface area contributed by atoms with Gasteiger partial charge in [-0.1, -0.05) is 35.1 Å². The number of likely N-dealkylation sites (tertiary alicyclic amines) is 1. The zero-order valence-corrected chi connectivity index (χ0v) is 27.8. The van der Waals surface area contributed by atoms with Crippen molar-refractivity contribution < 1.29 is 27.9 Å². The molecule has 5 N–H and O–H groups in total. The Morgan fingerprint density at radius 3 is 2.45 bits per heavy atom. The van der Waals surface area contributed by atoms with Crippen molar-refractivity contribution >= 4 is 60.9 Å². The molecule has 0 saturated carbocycles. The molecule has 4 aromatic rings. The molecule has 0 atom stereocenters. The number of anilines is 1. The van der Waals surface area contributed by atoms with E-state index in [1.807, 2.05) is 24.3 Å². The lowest BCUT2D eigenvalue weighted by Crippen LogP contribution is -2.54. The molecule has 0 radical (unpaired) electrons. The van der Waals surface area contributed by atoms with Crippen molar-refractivity contribution in [2.24, 2.45) is 5.14 Å². The predicted molar refractivity (Wildman–Crippen MR) is 179 cm³/mol. The van der Waals surface area contributed by atoms with Crippen LogP contribution in [0.15, 0.2) is 46.9 Å². The second kappa shape index (κ2) is 14.2. The van der Waals surface area contributed by atoms with E-state index in [0.29, 0.717) is 28.6 Å². The van der Waals surface area contributed by atoms with Crippen molar-refractivity contribution in [3.8, 4) is 16.9 Å². The van der Waals surface area contributed by atoms with Crippen molar-refractivity contribution in [3.63, 3.8) is 0 Å². The first-order valence-corrected chi connectivity index (χ1v) is 17.9. The average molecular weight is 703 g/mol. The Labute approximate surface area is 280 Å². The van der Waals surface area contributed by atoms with E-state index in [-0.39, 0.29) is 27.5 Å². The lowest BCUT2D eigenvalue weighted by Gasteiger charge is -2.42. The number of ether oxygens (including phenoxy) is 1. The van der Waals surface area contributed by atoms with Crippen LogP contribution in [0, 0.1) is 0 Å². The van der Waals surface area contributed by atoms with Gasteiger partial charge in [0.1, 0.15) is 12.4 Å². The number of hydrogen-bond acceptors (Lipinski definition) is 11. The number of sulfonamides is 1. The Kier molecular flexibility index (Phi) is 10.1. The number of carbonyl (C=O) groups excluding carboxylic acids is 1. The first-order chi connectivity index (χ1) is 22.5. The summed E-state index contributed by atoms with van der Waals surface area (Å²) in [5.74, 6) is -0.495. The quantitative estimate of drug-likeness (QED) is 0.168. The van der Waals surface area contributed by atoms with Crippen LogP contribution in [0.5, 0.6) is 5.75 Å². The van der Waals surface area contributed by atoms with Crippen LogP contribution in [0.3, 0.4) is 0 Å². The maximum Gasteiger partial charge on any atom is 0.337 e. The van der Waals surface area contributed by atoms with E-state index in [0.717, 1.165) is 86.9 Å². The number of carboxylic acid groups (broad SMARTS) is 1. The Hall–Kier alpha value is -3.64. The molecule has 6 rings (SSSR count). The van der Waals surface area contributed by atoms with Gasteiger partial charge in [-0.25, -0.2) is 18.4 Å². The third-order valence-electron chi connectivity index (χ3n) is 8.59. The number of aromatic nitrogens is 3. The smallest absolute Gasteiger partial charge is 0.337 e. The molecule has 2 aromatic heterocycles. The maximum absolute atomic E-state index is 12.4. The number of nitrogens with two attached hydrogens (primary N) is 1. The van der Waals surface area contributed by atoms with Gasteiger partial charge < -0.3 is 14.8 Å². The second-order valence-corrected chi connectivity index (χ2v) is 14.7. The largest absolute Gasteiger partial charge is 0.492 e. The molecule has 0 aliphatic carbocycles. The van der Waals surface area contributed by atoms with E-state index in [2.05, 4.69) is 35.2 Å². The number of hydrogen-bond donors (Lipinski definition) is 4. The Morgan fingerprint density at radius 2 is 1.79 bits per heavy atom. The van der Waals surface area contributed by atoms with Crippen LogP contribution in [0.4, 0.5) is 5.13 Å². The van der Waals surface area contributed by atoms with Gasteiger partial charge in [0.25, 0.3) is 10.0 Å². The summed E-state index contributed by atoms with van der Waals surface area (Å²) in [6.45, 7) is 7.11. The molecule has 2 aromatic carbocycles. The number of piperidine rings is 1. The summed E-state index contributed by atoms with van der Waals surface area (Å²) < 4.78 is 28.4. The van der Waals surface area contributed by atoms with E-state index >= 15 is 0 Å². The molecule has 0 spiro atoms. The fourth-order valence-electron chi connectivity index (χ4n) is 6.10. The van der Waals surface area contributed by atoms with Crippen molar-refractivity contribution in [1.29, 1.82) is 0 Å². The number of nitrogens with zero attached hydrogens (tertiary/aromatic N) is 5. The summed E-state index contributed by atoms with van der Waals surface area (Å²) in [5.41, 5.74) is 2.52. The number of carboxylic acids is 1. The monoisotopic (exact) mass is 702 g/mol. The van der Waals surface area contributed by atoms with Crippen molar-refractivity contribution in [3.05, 3.63) is 53.2 Å². The van der Waals surface area contributed by atoms with Crippen molar-refractivity contribution in [2.45, 2.75) is 23.2 Å². The summed E-state index contributed by atoms with van der Waals surface area (Å²) in [6, 6.07) is 11.7. The van der Waals surface area contributed by atoms with Crippen LogP contribution in [0.1, 0.15) is 23.2 Å². The van der Waals surface area contributed by atoms with Crippen LogP contribution in [-0.4, -0.2) is 120 Å². The second-order valence-electron chi connectivity index (χ2n) is 11.6. The minimum absolute atomic E-state index is 0.112. The first-order valence-electron chi connectivity index (χ1n) is 15.2. The maximum atomic E-state index is 12.4. The number of piperazine rings is 1. The first kappa shape index (κ1) is 33.3. The number of aromatic carboxylic acids is 1. The Balaban J connectivity index is 0.900. The van der Waals surface area contributed by atoms with Gasteiger partial charge in [-0.2, -0.15) is 0 Å². The van der Waals surface area contributed by atoms with Crippen LogP contribution in [-0.2, 0) is 14.8 Å². The number of fused-ring (bicyclic) bond motifs is 1. The number of rotatable bonds is 11. The standard InChI is InChI=1S/C30H35ClN8O6S2/c31-25-16-26-23(24(17-33-26)28(41)42)15-22(25)19-1-3-21(4-2-19)45-14-13-37-9-11-39(12-10-37)20-5-7-38(8-6-20)18-27(40)34-29-35-36-30(46-29)47(32,43)44/h1-4,15-17,20,33H,5-14,18H2,(H,41,42)(H2,32,43,44)(H,34,35,40). The minimum atomic E-state index is -3.95. The molecule has 14 nitrogen and oxygen atoms in total. The number of amides is 1. The lowest BCUT2D eigenvalue weighted by molar-refractivity contribution is -0.117. The van der Waals surface area contributed by atoms with Gasteiger partial charge in [0.2, 0.25) is 15.4 Å². The van der Waals surface area contributed by atoms with Gasteiger partial charge in [0.15, 0.2) is 0 Å². The van der Waals surface area contributed by atoms with E-state index in [1.165, 1.54) is 6.20 Å². The van der Waals surface area contributed by atoms with Crippen LogP contribution >= 0.6 is 22.9 Å².